The summed E-state index contributed by atoms with van der Waals surface area (Å²) in [6, 6.07) is 9.97. The molecule has 0 heterocycles. The van der Waals surface area contributed by atoms with E-state index >= 15 is 0 Å². The first-order valence-electron chi connectivity index (χ1n) is 9.11. The molecule has 2 aliphatic rings. The Morgan fingerprint density at radius 3 is 2.57 bits per heavy atom. The van der Waals surface area contributed by atoms with Gasteiger partial charge in [-0.2, -0.15) is 0 Å². The van der Waals surface area contributed by atoms with Crippen LogP contribution in [0.4, 0.5) is 0 Å². The fourth-order valence-corrected chi connectivity index (χ4v) is 4.34. The Bertz CT molecular complexity index is 528. The van der Waals surface area contributed by atoms with E-state index in [-0.39, 0.29) is 11.9 Å². The molecule has 2 aliphatic carbocycles. The number of esters is 1. The molecule has 2 nitrogen and oxygen atoms in total. The highest BCUT2D eigenvalue weighted by molar-refractivity contribution is 5.73. The number of benzene rings is 1. The van der Waals surface area contributed by atoms with Crippen LogP contribution < -0.4 is 0 Å². The molecule has 2 fully saturated rings. The highest BCUT2D eigenvalue weighted by Crippen LogP contribution is 2.43. The molecular weight excluding hydrogens is 284 g/mol. The molecule has 124 valence electrons. The van der Waals surface area contributed by atoms with Crippen molar-refractivity contribution in [2.45, 2.75) is 58.0 Å². The quantitative estimate of drug-likeness (QED) is 0.558. The Morgan fingerprint density at radius 2 is 1.83 bits per heavy atom. The number of allylic oxidation sites excluding steroid dienone is 1. The molecule has 0 spiro atoms. The first-order chi connectivity index (χ1) is 11.2. The first kappa shape index (κ1) is 16.3. The van der Waals surface area contributed by atoms with E-state index in [1.54, 1.807) is 0 Å². The standard InChI is InChI=1S/C21H28O2/c1-16-12-13-19(20(14-16)18-10-6-3-7-11-18)21(22)23-15-17-8-4-2-5-9-17/h2,4-5,8-9,18-20H,1,3,6-7,10-15H2. The van der Waals surface area contributed by atoms with Gasteiger partial charge in [0.15, 0.2) is 0 Å². The van der Waals surface area contributed by atoms with Crippen LogP contribution in [0.5, 0.6) is 0 Å². The maximum atomic E-state index is 12.7. The second-order valence-electron chi connectivity index (χ2n) is 7.25. The molecule has 0 saturated heterocycles. The van der Waals surface area contributed by atoms with Crippen LogP contribution in [0.25, 0.3) is 0 Å². The minimum Gasteiger partial charge on any atom is -0.461 e. The Labute approximate surface area is 139 Å². The third-order valence-electron chi connectivity index (χ3n) is 5.63. The van der Waals surface area contributed by atoms with Gasteiger partial charge in [-0.3, -0.25) is 4.79 Å². The molecule has 0 amide bonds. The predicted molar refractivity (Wildman–Crippen MR) is 92.8 cm³/mol. The maximum Gasteiger partial charge on any atom is 0.309 e. The van der Waals surface area contributed by atoms with Gasteiger partial charge in [0.1, 0.15) is 6.61 Å². The summed E-state index contributed by atoms with van der Waals surface area (Å²) < 4.78 is 5.66. The summed E-state index contributed by atoms with van der Waals surface area (Å²) in [5.74, 6) is 1.24. The van der Waals surface area contributed by atoms with Crippen LogP contribution in [0, 0.1) is 17.8 Å². The summed E-state index contributed by atoms with van der Waals surface area (Å²) in [6.45, 7) is 4.59. The van der Waals surface area contributed by atoms with Crippen LogP contribution in [-0.4, -0.2) is 5.97 Å². The molecule has 0 bridgehead atoms. The number of carbonyl (C=O) groups is 1. The zero-order valence-corrected chi connectivity index (χ0v) is 14.0. The maximum absolute atomic E-state index is 12.7. The van der Waals surface area contributed by atoms with Gasteiger partial charge in [-0.15, -0.1) is 0 Å². The Kier molecular flexibility index (Phi) is 5.53. The van der Waals surface area contributed by atoms with Crippen molar-refractivity contribution in [3.05, 3.63) is 48.0 Å². The van der Waals surface area contributed by atoms with Crippen LogP contribution in [0.1, 0.15) is 56.9 Å². The SMILES string of the molecule is C=C1CCC(C(=O)OCc2ccccc2)C(C2CCCCC2)C1. The van der Waals surface area contributed by atoms with Crippen LogP contribution in [0.2, 0.25) is 0 Å². The van der Waals surface area contributed by atoms with Crippen molar-refractivity contribution in [2.75, 3.05) is 0 Å². The van der Waals surface area contributed by atoms with Crippen molar-refractivity contribution in [3.63, 3.8) is 0 Å². The van der Waals surface area contributed by atoms with Gasteiger partial charge in [-0.25, -0.2) is 0 Å². The summed E-state index contributed by atoms with van der Waals surface area (Å²) in [4.78, 5) is 12.7. The lowest BCUT2D eigenvalue weighted by atomic mass is 9.67. The zero-order chi connectivity index (χ0) is 16.1. The van der Waals surface area contributed by atoms with Gasteiger partial charge in [-0.05, 0) is 36.7 Å². The van der Waals surface area contributed by atoms with Crippen molar-refractivity contribution in [3.8, 4) is 0 Å². The molecule has 3 rings (SSSR count). The van der Waals surface area contributed by atoms with Gasteiger partial charge in [0, 0.05) is 0 Å². The summed E-state index contributed by atoms with van der Waals surface area (Å²) in [7, 11) is 0. The number of hydrogen-bond acceptors (Lipinski definition) is 2. The van der Waals surface area contributed by atoms with Gasteiger partial charge >= 0.3 is 5.97 Å². The van der Waals surface area contributed by atoms with Gasteiger partial charge in [-0.1, -0.05) is 74.6 Å². The molecule has 1 aromatic carbocycles. The fourth-order valence-electron chi connectivity index (χ4n) is 4.34. The van der Waals surface area contributed by atoms with Gasteiger partial charge in [0.25, 0.3) is 0 Å². The van der Waals surface area contributed by atoms with E-state index in [0.717, 1.165) is 24.8 Å². The molecule has 2 atom stereocenters. The van der Waals surface area contributed by atoms with Crippen molar-refractivity contribution in [1.82, 2.24) is 0 Å². The molecule has 1 aromatic rings. The van der Waals surface area contributed by atoms with Crippen molar-refractivity contribution in [1.29, 1.82) is 0 Å². The average Bonchev–Trinajstić information content (AvgIpc) is 2.61. The number of ether oxygens (including phenoxy) is 1. The molecule has 2 saturated carbocycles. The Hall–Kier alpha value is -1.57. The third-order valence-corrected chi connectivity index (χ3v) is 5.63. The topological polar surface area (TPSA) is 26.3 Å². The van der Waals surface area contributed by atoms with E-state index < -0.39 is 0 Å². The minimum atomic E-state index is 0.0110. The fraction of sp³-hybridized carbons (Fsp3) is 0.571. The number of rotatable bonds is 4. The highest BCUT2D eigenvalue weighted by atomic mass is 16.5. The van der Waals surface area contributed by atoms with Crippen LogP contribution in [-0.2, 0) is 16.1 Å². The van der Waals surface area contributed by atoms with E-state index in [9.17, 15) is 4.79 Å². The van der Waals surface area contributed by atoms with E-state index in [2.05, 4.69) is 6.58 Å². The molecule has 0 aromatic heterocycles. The monoisotopic (exact) mass is 312 g/mol. The molecule has 0 N–H and O–H groups in total. The highest BCUT2D eigenvalue weighted by Gasteiger charge is 2.38. The van der Waals surface area contributed by atoms with Crippen molar-refractivity contribution in [2.24, 2.45) is 17.8 Å². The smallest absolute Gasteiger partial charge is 0.309 e. The second-order valence-corrected chi connectivity index (χ2v) is 7.25. The van der Waals surface area contributed by atoms with E-state index in [0.29, 0.717) is 18.4 Å². The molecular formula is C21H28O2. The Balaban J connectivity index is 1.62. The molecule has 2 unspecified atom stereocenters. The second kappa shape index (κ2) is 7.81. The molecule has 2 heteroatoms. The molecule has 0 aliphatic heterocycles. The lowest BCUT2D eigenvalue weighted by Crippen LogP contribution is -2.35. The van der Waals surface area contributed by atoms with E-state index in [1.165, 1.54) is 37.7 Å². The number of carbonyl (C=O) groups excluding carboxylic acids is 1. The van der Waals surface area contributed by atoms with Crippen molar-refractivity contribution < 1.29 is 9.53 Å². The van der Waals surface area contributed by atoms with Gasteiger partial charge in [0.2, 0.25) is 0 Å². The van der Waals surface area contributed by atoms with Crippen LogP contribution >= 0.6 is 0 Å². The van der Waals surface area contributed by atoms with Crippen molar-refractivity contribution >= 4 is 5.97 Å². The van der Waals surface area contributed by atoms with Crippen LogP contribution in [0.3, 0.4) is 0 Å². The first-order valence-corrected chi connectivity index (χ1v) is 9.11. The third kappa shape index (κ3) is 4.25. The summed E-state index contributed by atoms with van der Waals surface area (Å²) in [5.41, 5.74) is 2.39. The lowest BCUT2D eigenvalue weighted by molar-refractivity contribution is -0.154. The van der Waals surface area contributed by atoms with Crippen LogP contribution in [0.15, 0.2) is 42.5 Å². The molecule has 23 heavy (non-hydrogen) atoms. The molecule has 0 radical (unpaired) electrons. The zero-order valence-electron chi connectivity index (χ0n) is 14.0. The van der Waals surface area contributed by atoms with Gasteiger partial charge < -0.3 is 4.74 Å². The van der Waals surface area contributed by atoms with Gasteiger partial charge in [0.05, 0.1) is 5.92 Å². The number of hydrogen-bond donors (Lipinski definition) is 0. The predicted octanol–water partition coefficient (Wildman–Crippen LogP) is 5.28. The normalized spacial score (nSPS) is 26.0. The van der Waals surface area contributed by atoms with E-state index in [4.69, 9.17) is 4.74 Å². The summed E-state index contributed by atoms with van der Waals surface area (Å²) in [5, 5.41) is 0. The van der Waals surface area contributed by atoms with E-state index in [1.807, 2.05) is 30.3 Å². The lowest BCUT2D eigenvalue weighted by Gasteiger charge is -2.38. The Morgan fingerprint density at radius 1 is 1.09 bits per heavy atom. The summed E-state index contributed by atoms with van der Waals surface area (Å²) in [6.07, 6.45) is 9.48. The average molecular weight is 312 g/mol. The largest absolute Gasteiger partial charge is 0.461 e. The minimum absolute atomic E-state index is 0.0110. The summed E-state index contributed by atoms with van der Waals surface area (Å²) >= 11 is 0.